The zero-order valence-corrected chi connectivity index (χ0v) is 15.5. The van der Waals surface area contributed by atoms with Gasteiger partial charge in [0.05, 0.1) is 7.11 Å². The van der Waals surface area contributed by atoms with Crippen LogP contribution in [0.3, 0.4) is 0 Å². The van der Waals surface area contributed by atoms with Crippen molar-refractivity contribution in [2.75, 3.05) is 46.7 Å². The van der Waals surface area contributed by atoms with Gasteiger partial charge in [0.15, 0.2) is 11.5 Å². The fourth-order valence-corrected chi connectivity index (χ4v) is 3.77. The van der Waals surface area contributed by atoms with Crippen LogP contribution < -0.4 is 14.2 Å². The zero-order chi connectivity index (χ0) is 17.8. The fourth-order valence-electron chi connectivity index (χ4n) is 3.77. The SMILES string of the molecule is COc1cc(CN2CCN(CC(C)C)[C@H](CCO)C2)cc2c1OCO2. The highest BCUT2D eigenvalue weighted by Crippen LogP contribution is 2.42. The van der Waals surface area contributed by atoms with Gasteiger partial charge in [0.1, 0.15) is 0 Å². The number of methoxy groups -OCH3 is 1. The van der Waals surface area contributed by atoms with Gasteiger partial charge in [0, 0.05) is 45.4 Å². The van der Waals surface area contributed by atoms with Crippen LogP contribution in [0.1, 0.15) is 25.8 Å². The van der Waals surface area contributed by atoms with E-state index in [9.17, 15) is 5.11 Å². The molecule has 25 heavy (non-hydrogen) atoms. The van der Waals surface area contributed by atoms with Gasteiger partial charge in [-0.3, -0.25) is 9.80 Å². The van der Waals surface area contributed by atoms with Crippen molar-refractivity contribution in [3.8, 4) is 17.2 Å². The molecule has 0 saturated carbocycles. The van der Waals surface area contributed by atoms with E-state index >= 15 is 0 Å². The number of fused-ring (bicyclic) bond motifs is 1. The summed E-state index contributed by atoms with van der Waals surface area (Å²) in [5, 5.41) is 9.43. The predicted octanol–water partition coefficient (Wildman–Crippen LogP) is 1.95. The predicted molar refractivity (Wildman–Crippen MR) is 96.3 cm³/mol. The maximum absolute atomic E-state index is 9.43. The molecule has 2 aliphatic rings. The Morgan fingerprint density at radius 3 is 2.84 bits per heavy atom. The van der Waals surface area contributed by atoms with Crippen LogP contribution in [0, 0.1) is 5.92 Å². The monoisotopic (exact) mass is 350 g/mol. The van der Waals surface area contributed by atoms with Crippen molar-refractivity contribution in [3.63, 3.8) is 0 Å². The number of rotatable bonds is 7. The van der Waals surface area contributed by atoms with Crippen LogP contribution >= 0.6 is 0 Å². The first-order chi connectivity index (χ1) is 12.1. The minimum Gasteiger partial charge on any atom is -0.493 e. The number of benzene rings is 1. The molecule has 1 aromatic rings. The molecule has 6 heteroatoms. The summed E-state index contributed by atoms with van der Waals surface area (Å²) in [6.07, 6.45) is 0.827. The second kappa shape index (κ2) is 8.25. The number of ether oxygens (including phenoxy) is 3. The van der Waals surface area contributed by atoms with Gasteiger partial charge in [-0.2, -0.15) is 0 Å². The second-order valence-corrected chi connectivity index (χ2v) is 7.32. The first-order valence-electron chi connectivity index (χ1n) is 9.14. The normalized spacial score (nSPS) is 21.1. The molecule has 1 saturated heterocycles. The molecular formula is C19H30N2O4. The van der Waals surface area contributed by atoms with Gasteiger partial charge in [-0.1, -0.05) is 13.8 Å². The Bertz CT molecular complexity index is 579. The average molecular weight is 350 g/mol. The van der Waals surface area contributed by atoms with Gasteiger partial charge in [0.2, 0.25) is 12.5 Å². The Balaban J connectivity index is 1.67. The summed E-state index contributed by atoms with van der Waals surface area (Å²) in [6.45, 7) is 10.00. The number of piperazine rings is 1. The quantitative estimate of drug-likeness (QED) is 0.811. The van der Waals surface area contributed by atoms with Crippen molar-refractivity contribution in [2.24, 2.45) is 5.92 Å². The lowest BCUT2D eigenvalue weighted by molar-refractivity contribution is 0.0476. The number of hydrogen-bond donors (Lipinski definition) is 1. The molecule has 140 valence electrons. The van der Waals surface area contributed by atoms with Crippen molar-refractivity contribution < 1.29 is 19.3 Å². The van der Waals surface area contributed by atoms with Crippen LogP contribution in [-0.2, 0) is 6.54 Å². The third kappa shape index (κ3) is 4.37. The molecule has 0 unspecified atom stereocenters. The topological polar surface area (TPSA) is 54.4 Å². The molecular weight excluding hydrogens is 320 g/mol. The van der Waals surface area contributed by atoms with Gasteiger partial charge in [-0.05, 0) is 30.0 Å². The minimum absolute atomic E-state index is 0.241. The summed E-state index contributed by atoms with van der Waals surface area (Å²) in [7, 11) is 1.66. The molecule has 0 aliphatic carbocycles. The third-order valence-corrected chi connectivity index (χ3v) is 4.88. The van der Waals surface area contributed by atoms with Crippen molar-refractivity contribution in [1.82, 2.24) is 9.80 Å². The van der Waals surface area contributed by atoms with Gasteiger partial charge in [-0.15, -0.1) is 0 Å². The van der Waals surface area contributed by atoms with E-state index in [4.69, 9.17) is 14.2 Å². The van der Waals surface area contributed by atoms with Crippen molar-refractivity contribution in [3.05, 3.63) is 17.7 Å². The molecule has 1 fully saturated rings. The van der Waals surface area contributed by atoms with E-state index < -0.39 is 0 Å². The molecule has 0 aromatic heterocycles. The Kier molecular flexibility index (Phi) is 6.04. The van der Waals surface area contributed by atoms with Crippen LogP contribution in [0.5, 0.6) is 17.2 Å². The molecule has 2 aliphatic heterocycles. The molecule has 2 heterocycles. The highest BCUT2D eigenvalue weighted by atomic mass is 16.7. The largest absolute Gasteiger partial charge is 0.493 e. The lowest BCUT2D eigenvalue weighted by Gasteiger charge is -2.42. The smallest absolute Gasteiger partial charge is 0.231 e. The average Bonchev–Trinajstić information content (AvgIpc) is 3.05. The maximum Gasteiger partial charge on any atom is 0.231 e. The number of hydrogen-bond acceptors (Lipinski definition) is 6. The third-order valence-electron chi connectivity index (χ3n) is 4.88. The number of nitrogens with zero attached hydrogens (tertiary/aromatic N) is 2. The highest BCUT2D eigenvalue weighted by Gasteiger charge is 2.28. The van der Waals surface area contributed by atoms with Crippen molar-refractivity contribution in [1.29, 1.82) is 0 Å². The molecule has 1 N–H and O–H groups in total. The summed E-state index contributed by atoms with van der Waals surface area (Å²) in [4.78, 5) is 4.98. The first-order valence-corrected chi connectivity index (χ1v) is 9.14. The Hall–Kier alpha value is -1.50. The van der Waals surface area contributed by atoms with Crippen molar-refractivity contribution >= 4 is 0 Å². The first kappa shape index (κ1) is 18.3. The van der Waals surface area contributed by atoms with E-state index in [2.05, 4.69) is 23.6 Å². The highest BCUT2D eigenvalue weighted by molar-refractivity contribution is 5.55. The van der Waals surface area contributed by atoms with Crippen molar-refractivity contribution in [2.45, 2.75) is 32.9 Å². The van der Waals surface area contributed by atoms with Gasteiger partial charge < -0.3 is 19.3 Å². The summed E-state index contributed by atoms with van der Waals surface area (Å²) >= 11 is 0. The van der Waals surface area contributed by atoms with E-state index in [1.807, 2.05) is 12.1 Å². The van der Waals surface area contributed by atoms with Crippen LogP contribution in [0.15, 0.2) is 12.1 Å². The summed E-state index contributed by atoms with van der Waals surface area (Å²) in [5.41, 5.74) is 1.17. The molecule has 6 nitrogen and oxygen atoms in total. The molecule has 0 spiro atoms. The number of aliphatic hydroxyl groups is 1. The minimum atomic E-state index is 0.241. The Morgan fingerprint density at radius 2 is 2.12 bits per heavy atom. The lowest BCUT2D eigenvalue weighted by atomic mass is 10.0. The zero-order valence-electron chi connectivity index (χ0n) is 15.5. The van der Waals surface area contributed by atoms with Gasteiger partial charge >= 0.3 is 0 Å². The maximum atomic E-state index is 9.43. The second-order valence-electron chi connectivity index (χ2n) is 7.32. The van der Waals surface area contributed by atoms with Gasteiger partial charge in [0.25, 0.3) is 0 Å². The van der Waals surface area contributed by atoms with Crippen LogP contribution in [0.4, 0.5) is 0 Å². The molecule has 0 amide bonds. The molecule has 0 radical (unpaired) electrons. The van der Waals surface area contributed by atoms with Crippen LogP contribution in [0.25, 0.3) is 0 Å². The molecule has 3 rings (SSSR count). The van der Waals surface area contributed by atoms with E-state index in [1.165, 1.54) is 5.56 Å². The molecule has 1 aromatic carbocycles. The summed E-state index contributed by atoms with van der Waals surface area (Å²) < 4.78 is 16.4. The number of aliphatic hydroxyl groups excluding tert-OH is 1. The molecule has 1 atom stereocenters. The van der Waals surface area contributed by atoms with E-state index in [-0.39, 0.29) is 13.4 Å². The Labute approximate surface area is 150 Å². The Morgan fingerprint density at radius 1 is 1.28 bits per heavy atom. The van der Waals surface area contributed by atoms with Gasteiger partial charge in [-0.25, -0.2) is 0 Å². The summed E-state index contributed by atoms with van der Waals surface area (Å²) in [6, 6.07) is 4.50. The summed E-state index contributed by atoms with van der Waals surface area (Å²) in [5.74, 6) is 2.84. The van der Waals surface area contributed by atoms with Crippen LogP contribution in [-0.4, -0.2) is 67.6 Å². The van der Waals surface area contributed by atoms with E-state index in [1.54, 1.807) is 7.11 Å². The lowest BCUT2D eigenvalue weighted by Crippen LogP contribution is -2.53. The fraction of sp³-hybridized carbons (Fsp3) is 0.684. The van der Waals surface area contributed by atoms with E-state index in [0.29, 0.717) is 17.7 Å². The molecule has 0 bridgehead atoms. The standard InChI is InChI=1S/C19H30N2O4/c1-14(2)10-21-6-5-20(12-16(21)4-7-22)11-15-8-17(23-3)19-18(9-15)24-13-25-19/h8-9,14,16,22H,4-7,10-13H2,1-3H3/t16-/m1/s1. The van der Waals surface area contributed by atoms with Crippen LogP contribution in [0.2, 0.25) is 0 Å². The van der Waals surface area contributed by atoms with E-state index in [0.717, 1.165) is 50.6 Å².